The standard InChI is InChI=1S/C14H20O2/c1-7-3-11-13(15-11)5-9(7)2-10-6-14-12(16-14)4-8(1)10/h7-14H,1-6H2. The molecular formula is C14H20O2. The Hall–Kier alpha value is -0.0800. The maximum atomic E-state index is 5.73. The molecule has 0 amide bonds. The van der Waals surface area contributed by atoms with Crippen LogP contribution in [0.5, 0.6) is 0 Å². The molecule has 16 heavy (non-hydrogen) atoms. The van der Waals surface area contributed by atoms with E-state index in [2.05, 4.69) is 0 Å². The van der Waals surface area contributed by atoms with Crippen LogP contribution in [-0.4, -0.2) is 24.4 Å². The topological polar surface area (TPSA) is 25.1 Å². The van der Waals surface area contributed by atoms with Crippen LogP contribution in [0.4, 0.5) is 0 Å². The molecule has 3 aliphatic carbocycles. The van der Waals surface area contributed by atoms with Crippen molar-refractivity contribution in [3.05, 3.63) is 0 Å². The van der Waals surface area contributed by atoms with E-state index in [4.69, 9.17) is 9.47 Å². The minimum Gasteiger partial charge on any atom is -0.370 e. The SMILES string of the molecule is C1C2CC3OC3CC2CC2CC3OC3CC12. The second kappa shape index (κ2) is 2.84. The lowest BCUT2D eigenvalue weighted by molar-refractivity contribution is 0.0684. The molecule has 0 aromatic heterocycles. The van der Waals surface area contributed by atoms with Crippen molar-refractivity contribution in [3.63, 3.8) is 0 Å². The van der Waals surface area contributed by atoms with Crippen LogP contribution in [0.25, 0.3) is 0 Å². The second-order valence-corrected chi connectivity index (χ2v) is 6.88. The summed E-state index contributed by atoms with van der Waals surface area (Å²) >= 11 is 0. The van der Waals surface area contributed by atoms with Crippen LogP contribution in [-0.2, 0) is 9.47 Å². The Morgan fingerprint density at radius 3 is 1.06 bits per heavy atom. The molecular weight excluding hydrogens is 200 g/mol. The lowest BCUT2D eigenvalue weighted by Crippen LogP contribution is -2.38. The summed E-state index contributed by atoms with van der Waals surface area (Å²) in [6, 6.07) is 0. The summed E-state index contributed by atoms with van der Waals surface area (Å²) in [5, 5.41) is 0. The molecule has 5 fully saturated rings. The summed E-state index contributed by atoms with van der Waals surface area (Å²) in [5.41, 5.74) is 0. The zero-order chi connectivity index (χ0) is 10.3. The highest BCUT2D eigenvalue weighted by atomic mass is 16.6. The molecule has 8 atom stereocenters. The maximum absolute atomic E-state index is 5.73. The van der Waals surface area contributed by atoms with Gasteiger partial charge in [-0.25, -0.2) is 0 Å². The Bertz CT molecular complexity index is 269. The van der Waals surface area contributed by atoms with Gasteiger partial charge in [0.25, 0.3) is 0 Å². The van der Waals surface area contributed by atoms with Crippen molar-refractivity contribution < 1.29 is 9.47 Å². The first-order valence-corrected chi connectivity index (χ1v) is 7.18. The minimum atomic E-state index is 0.673. The third-order valence-electron chi connectivity index (χ3n) is 6.06. The number of hydrogen-bond acceptors (Lipinski definition) is 2. The Kier molecular flexibility index (Phi) is 1.58. The fourth-order valence-electron chi connectivity index (χ4n) is 5.08. The molecule has 0 N–H and O–H groups in total. The minimum absolute atomic E-state index is 0.673. The molecule has 0 bridgehead atoms. The smallest absolute Gasteiger partial charge is 0.0844 e. The summed E-state index contributed by atoms with van der Waals surface area (Å²) in [4.78, 5) is 0. The Labute approximate surface area is 96.7 Å². The average Bonchev–Trinajstić information content (AvgIpc) is 3.13. The predicted octanol–water partition coefficient (Wildman–Crippen LogP) is 2.37. The normalized spacial score (nSPS) is 66.0. The second-order valence-electron chi connectivity index (χ2n) is 6.88. The van der Waals surface area contributed by atoms with Crippen LogP contribution < -0.4 is 0 Å². The molecule has 2 aliphatic heterocycles. The monoisotopic (exact) mass is 220 g/mol. The van der Waals surface area contributed by atoms with Gasteiger partial charge in [-0.3, -0.25) is 0 Å². The molecule has 0 radical (unpaired) electrons. The van der Waals surface area contributed by atoms with E-state index in [0.29, 0.717) is 24.4 Å². The van der Waals surface area contributed by atoms with Gasteiger partial charge in [-0.2, -0.15) is 0 Å². The first-order valence-electron chi connectivity index (χ1n) is 7.18. The molecule has 3 saturated carbocycles. The summed E-state index contributed by atoms with van der Waals surface area (Å²) in [7, 11) is 0. The van der Waals surface area contributed by atoms with Gasteiger partial charge in [0.1, 0.15) is 0 Å². The molecule has 2 heteroatoms. The Balaban J connectivity index is 1.38. The zero-order valence-corrected chi connectivity index (χ0v) is 9.68. The highest BCUT2D eigenvalue weighted by molar-refractivity contribution is 5.04. The fraction of sp³-hybridized carbons (Fsp3) is 1.00. The van der Waals surface area contributed by atoms with Crippen molar-refractivity contribution in [2.45, 2.75) is 62.9 Å². The molecule has 88 valence electrons. The van der Waals surface area contributed by atoms with E-state index >= 15 is 0 Å². The molecule has 2 heterocycles. The number of rotatable bonds is 0. The quantitative estimate of drug-likeness (QED) is 0.585. The maximum Gasteiger partial charge on any atom is 0.0844 e. The Morgan fingerprint density at radius 1 is 0.438 bits per heavy atom. The molecule has 0 spiro atoms. The van der Waals surface area contributed by atoms with Gasteiger partial charge in [-0.05, 0) is 62.2 Å². The highest BCUT2D eigenvalue weighted by Crippen LogP contribution is 2.56. The summed E-state index contributed by atoms with van der Waals surface area (Å²) in [6.45, 7) is 0. The lowest BCUT2D eigenvalue weighted by Gasteiger charge is -2.44. The van der Waals surface area contributed by atoms with Crippen LogP contribution in [0.2, 0.25) is 0 Å². The predicted molar refractivity (Wildman–Crippen MR) is 59.0 cm³/mol. The summed E-state index contributed by atoms with van der Waals surface area (Å²) < 4.78 is 11.5. The highest BCUT2D eigenvalue weighted by Gasteiger charge is 2.55. The first kappa shape index (κ1) is 8.93. The number of epoxide rings is 2. The van der Waals surface area contributed by atoms with Gasteiger partial charge in [0.2, 0.25) is 0 Å². The number of ether oxygens (including phenoxy) is 2. The van der Waals surface area contributed by atoms with Crippen LogP contribution in [0.15, 0.2) is 0 Å². The molecule has 2 nitrogen and oxygen atoms in total. The fourth-order valence-corrected chi connectivity index (χ4v) is 5.08. The van der Waals surface area contributed by atoms with Crippen molar-refractivity contribution in [2.75, 3.05) is 0 Å². The molecule has 8 unspecified atom stereocenters. The van der Waals surface area contributed by atoms with Crippen molar-refractivity contribution in [3.8, 4) is 0 Å². The average molecular weight is 220 g/mol. The van der Waals surface area contributed by atoms with E-state index in [1.807, 2.05) is 0 Å². The van der Waals surface area contributed by atoms with Crippen molar-refractivity contribution >= 4 is 0 Å². The van der Waals surface area contributed by atoms with E-state index in [9.17, 15) is 0 Å². The van der Waals surface area contributed by atoms with Gasteiger partial charge in [0.05, 0.1) is 24.4 Å². The van der Waals surface area contributed by atoms with Crippen LogP contribution >= 0.6 is 0 Å². The van der Waals surface area contributed by atoms with Crippen LogP contribution in [0.3, 0.4) is 0 Å². The summed E-state index contributed by atoms with van der Waals surface area (Å²) in [5.74, 6) is 4.00. The zero-order valence-electron chi connectivity index (χ0n) is 9.68. The van der Waals surface area contributed by atoms with Crippen molar-refractivity contribution in [2.24, 2.45) is 23.7 Å². The molecule has 5 aliphatic rings. The van der Waals surface area contributed by atoms with E-state index in [-0.39, 0.29) is 0 Å². The Morgan fingerprint density at radius 2 is 0.750 bits per heavy atom. The molecule has 0 aromatic rings. The van der Waals surface area contributed by atoms with Gasteiger partial charge in [-0.15, -0.1) is 0 Å². The third-order valence-corrected chi connectivity index (χ3v) is 6.06. The van der Waals surface area contributed by atoms with E-state index in [1.165, 1.54) is 38.5 Å². The van der Waals surface area contributed by atoms with E-state index in [0.717, 1.165) is 23.7 Å². The molecule has 2 saturated heterocycles. The third kappa shape index (κ3) is 1.20. The van der Waals surface area contributed by atoms with Gasteiger partial charge in [0, 0.05) is 0 Å². The van der Waals surface area contributed by atoms with Crippen LogP contribution in [0, 0.1) is 23.7 Å². The van der Waals surface area contributed by atoms with Crippen molar-refractivity contribution in [1.29, 1.82) is 0 Å². The van der Waals surface area contributed by atoms with E-state index in [1.54, 1.807) is 0 Å². The lowest BCUT2D eigenvalue weighted by atomic mass is 9.60. The van der Waals surface area contributed by atoms with Gasteiger partial charge >= 0.3 is 0 Å². The van der Waals surface area contributed by atoms with Crippen LogP contribution in [0.1, 0.15) is 38.5 Å². The van der Waals surface area contributed by atoms with Gasteiger partial charge < -0.3 is 9.47 Å². The number of fused-ring (bicyclic) bond motifs is 4. The largest absolute Gasteiger partial charge is 0.370 e. The van der Waals surface area contributed by atoms with Gasteiger partial charge in [0.15, 0.2) is 0 Å². The molecule has 0 aromatic carbocycles. The first-order chi connectivity index (χ1) is 7.87. The van der Waals surface area contributed by atoms with Gasteiger partial charge in [-0.1, -0.05) is 0 Å². The summed E-state index contributed by atoms with van der Waals surface area (Å²) in [6.07, 6.45) is 11.2. The van der Waals surface area contributed by atoms with E-state index < -0.39 is 0 Å². The van der Waals surface area contributed by atoms with Crippen molar-refractivity contribution in [1.82, 2.24) is 0 Å². The molecule has 5 rings (SSSR count). The number of hydrogen-bond donors (Lipinski definition) is 0.